The predicted molar refractivity (Wildman–Crippen MR) is 61.8 cm³/mol. The molecule has 1 N–H and O–H groups in total. The van der Waals surface area contributed by atoms with Crippen LogP contribution >= 0.6 is 11.3 Å². The number of fused-ring (bicyclic) bond motifs is 1. The maximum atomic E-state index is 12.9. The Kier molecular flexibility index (Phi) is 2.52. The van der Waals surface area contributed by atoms with Crippen LogP contribution in [0, 0.1) is 5.82 Å². The van der Waals surface area contributed by atoms with Gasteiger partial charge in [0.15, 0.2) is 0 Å². The highest BCUT2D eigenvalue weighted by molar-refractivity contribution is 7.17. The van der Waals surface area contributed by atoms with E-state index in [4.69, 9.17) is 0 Å². The standard InChI is InChI=1S/C12H13FOS/c1-12(2,14)6-8-7-15-11-5-9(13)3-4-10(8)11/h3-5,7,14H,6H2,1-2H3. The van der Waals surface area contributed by atoms with Gasteiger partial charge in [0.25, 0.3) is 0 Å². The van der Waals surface area contributed by atoms with Gasteiger partial charge in [0.05, 0.1) is 5.60 Å². The highest BCUT2D eigenvalue weighted by Crippen LogP contribution is 2.29. The summed E-state index contributed by atoms with van der Waals surface area (Å²) in [6.07, 6.45) is 0.596. The van der Waals surface area contributed by atoms with E-state index in [1.807, 2.05) is 5.38 Å². The van der Waals surface area contributed by atoms with Crippen molar-refractivity contribution in [3.63, 3.8) is 0 Å². The first kappa shape index (κ1) is 10.6. The largest absolute Gasteiger partial charge is 0.390 e. The zero-order valence-electron chi connectivity index (χ0n) is 8.75. The number of hydrogen-bond donors (Lipinski definition) is 1. The highest BCUT2D eigenvalue weighted by Gasteiger charge is 2.16. The number of aliphatic hydroxyl groups is 1. The molecule has 15 heavy (non-hydrogen) atoms. The fourth-order valence-corrected chi connectivity index (χ4v) is 2.65. The molecule has 0 aliphatic carbocycles. The monoisotopic (exact) mass is 224 g/mol. The van der Waals surface area contributed by atoms with Crippen molar-refractivity contribution in [3.8, 4) is 0 Å². The quantitative estimate of drug-likeness (QED) is 0.829. The molecule has 1 heterocycles. The van der Waals surface area contributed by atoms with Gasteiger partial charge in [-0.3, -0.25) is 0 Å². The third-order valence-corrected chi connectivity index (χ3v) is 3.23. The van der Waals surface area contributed by atoms with Crippen molar-refractivity contribution in [1.29, 1.82) is 0 Å². The molecular weight excluding hydrogens is 211 g/mol. The van der Waals surface area contributed by atoms with Crippen LogP contribution in [0.2, 0.25) is 0 Å². The van der Waals surface area contributed by atoms with Crippen molar-refractivity contribution < 1.29 is 9.50 Å². The van der Waals surface area contributed by atoms with Crippen LogP contribution in [0.25, 0.3) is 10.1 Å². The second-order valence-electron chi connectivity index (χ2n) is 4.39. The lowest BCUT2D eigenvalue weighted by atomic mass is 9.98. The molecule has 0 radical (unpaired) electrons. The van der Waals surface area contributed by atoms with Crippen LogP contribution in [-0.2, 0) is 6.42 Å². The first-order valence-corrected chi connectivity index (χ1v) is 5.72. The van der Waals surface area contributed by atoms with E-state index >= 15 is 0 Å². The maximum absolute atomic E-state index is 12.9. The first-order chi connectivity index (χ1) is 6.96. The molecule has 0 unspecified atom stereocenters. The number of benzene rings is 1. The molecule has 2 rings (SSSR count). The van der Waals surface area contributed by atoms with Crippen molar-refractivity contribution in [3.05, 3.63) is 35.0 Å². The number of thiophene rings is 1. The van der Waals surface area contributed by atoms with Crippen LogP contribution < -0.4 is 0 Å². The summed E-state index contributed by atoms with van der Waals surface area (Å²) in [5.41, 5.74) is 0.366. The topological polar surface area (TPSA) is 20.2 Å². The van der Waals surface area contributed by atoms with Gasteiger partial charge in [0.1, 0.15) is 5.82 Å². The summed E-state index contributed by atoms with van der Waals surface area (Å²) in [5, 5.41) is 12.8. The Labute approximate surface area is 92.2 Å². The van der Waals surface area contributed by atoms with Crippen LogP contribution in [0.5, 0.6) is 0 Å². The molecule has 0 fully saturated rings. The van der Waals surface area contributed by atoms with Crippen LogP contribution in [0.3, 0.4) is 0 Å². The second kappa shape index (κ2) is 3.58. The third kappa shape index (κ3) is 2.36. The summed E-state index contributed by atoms with van der Waals surface area (Å²) in [6.45, 7) is 3.56. The number of hydrogen-bond acceptors (Lipinski definition) is 2. The molecule has 0 spiro atoms. The Hall–Kier alpha value is -0.930. The summed E-state index contributed by atoms with van der Waals surface area (Å²) in [5.74, 6) is -0.209. The fourth-order valence-electron chi connectivity index (χ4n) is 1.66. The average molecular weight is 224 g/mol. The number of rotatable bonds is 2. The predicted octanol–water partition coefficient (Wildman–Crippen LogP) is 3.35. The first-order valence-electron chi connectivity index (χ1n) is 4.84. The molecule has 1 aromatic carbocycles. The van der Waals surface area contributed by atoms with Gasteiger partial charge in [-0.15, -0.1) is 11.3 Å². The van der Waals surface area contributed by atoms with E-state index in [9.17, 15) is 9.50 Å². The highest BCUT2D eigenvalue weighted by atomic mass is 32.1. The maximum Gasteiger partial charge on any atom is 0.124 e. The molecule has 1 nitrogen and oxygen atoms in total. The van der Waals surface area contributed by atoms with E-state index in [1.54, 1.807) is 19.9 Å². The molecule has 0 aliphatic rings. The Morgan fingerprint density at radius 1 is 1.40 bits per heavy atom. The minimum absolute atomic E-state index is 0.209. The zero-order valence-corrected chi connectivity index (χ0v) is 9.57. The second-order valence-corrected chi connectivity index (χ2v) is 5.30. The molecular formula is C12H13FOS. The molecule has 0 bridgehead atoms. The normalized spacial score (nSPS) is 12.3. The minimum Gasteiger partial charge on any atom is -0.390 e. The van der Waals surface area contributed by atoms with E-state index < -0.39 is 5.60 Å². The lowest BCUT2D eigenvalue weighted by Crippen LogP contribution is -2.21. The lowest BCUT2D eigenvalue weighted by Gasteiger charge is -2.16. The van der Waals surface area contributed by atoms with E-state index in [0.717, 1.165) is 15.6 Å². The molecule has 0 saturated carbocycles. The summed E-state index contributed by atoms with van der Waals surface area (Å²) in [6, 6.07) is 4.78. The minimum atomic E-state index is -0.720. The number of halogens is 1. The SMILES string of the molecule is CC(C)(O)Cc1csc2cc(F)ccc12. The van der Waals surface area contributed by atoms with Gasteiger partial charge in [0, 0.05) is 11.1 Å². The summed E-state index contributed by atoms with van der Waals surface area (Å²) < 4.78 is 13.9. The van der Waals surface area contributed by atoms with Gasteiger partial charge < -0.3 is 5.11 Å². The summed E-state index contributed by atoms with van der Waals surface area (Å²) in [4.78, 5) is 0. The van der Waals surface area contributed by atoms with Gasteiger partial charge in [-0.1, -0.05) is 6.07 Å². The van der Waals surface area contributed by atoms with Crippen molar-refractivity contribution in [2.24, 2.45) is 0 Å². The third-order valence-electron chi connectivity index (χ3n) is 2.24. The Morgan fingerprint density at radius 2 is 2.13 bits per heavy atom. The van der Waals surface area contributed by atoms with Gasteiger partial charge in [-0.25, -0.2) is 4.39 Å². The van der Waals surface area contributed by atoms with Crippen molar-refractivity contribution in [2.45, 2.75) is 25.9 Å². The fraction of sp³-hybridized carbons (Fsp3) is 0.333. The van der Waals surface area contributed by atoms with E-state index in [0.29, 0.717) is 6.42 Å². The molecule has 2 aromatic rings. The molecule has 1 aromatic heterocycles. The van der Waals surface area contributed by atoms with Crippen LogP contribution in [-0.4, -0.2) is 10.7 Å². The van der Waals surface area contributed by atoms with Crippen LogP contribution in [0.1, 0.15) is 19.4 Å². The lowest BCUT2D eigenvalue weighted by molar-refractivity contribution is 0.0814. The molecule has 80 valence electrons. The summed E-state index contributed by atoms with van der Waals surface area (Å²) >= 11 is 1.52. The van der Waals surface area contributed by atoms with Crippen molar-refractivity contribution in [1.82, 2.24) is 0 Å². The van der Waals surface area contributed by atoms with Crippen LogP contribution in [0.4, 0.5) is 4.39 Å². The molecule has 0 saturated heterocycles. The Morgan fingerprint density at radius 3 is 2.80 bits per heavy atom. The Balaban J connectivity index is 2.45. The van der Waals surface area contributed by atoms with Gasteiger partial charge >= 0.3 is 0 Å². The van der Waals surface area contributed by atoms with E-state index in [-0.39, 0.29) is 5.82 Å². The van der Waals surface area contributed by atoms with E-state index in [1.165, 1.54) is 23.5 Å². The van der Waals surface area contributed by atoms with Crippen molar-refractivity contribution in [2.75, 3.05) is 0 Å². The van der Waals surface area contributed by atoms with E-state index in [2.05, 4.69) is 0 Å². The molecule has 0 atom stereocenters. The Bertz CT molecular complexity index is 482. The van der Waals surface area contributed by atoms with Crippen LogP contribution in [0.15, 0.2) is 23.6 Å². The smallest absolute Gasteiger partial charge is 0.124 e. The van der Waals surface area contributed by atoms with Gasteiger partial charge in [-0.05, 0) is 42.3 Å². The van der Waals surface area contributed by atoms with Gasteiger partial charge in [-0.2, -0.15) is 0 Å². The summed E-state index contributed by atoms with van der Waals surface area (Å²) in [7, 11) is 0. The molecule has 0 aliphatic heterocycles. The zero-order chi connectivity index (χ0) is 11.1. The van der Waals surface area contributed by atoms with Gasteiger partial charge in [0.2, 0.25) is 0 Å². The molecule has 0 amide bonds. The molecule has 3 heteroatoms. The average Bonchev–Trinajstić information content (AvgIpc) is 2.45. The van der Waals surface area contributed by atoms with Crippen molar-refractivity contribution >= 4 is 21.4 Å².